The fourth-order valence-electron chi connectivity index (χ4n) is 4.99. The van der Waals surface area contributed by atoms with Gasteiger partial charge < -0.3 is 4.90 Å². The minimum Gasteiger partial charge on any atom is -0.342 e. The Hall–Kier alpha value is -2.10. The molecule has 5 rings (SSSR count). The first-order valence-electron chi connectivity index (χ1n) is 10.1. The first kappa shape index (κ1) is 16.1. The zero-order chi connectivity index (χ0) is 17.6. The van der Waals surface area contributed by atoms with Gasteiger partial charge in [-0.1, -0.05) is 36.8 Å². The smallest absolute Gasteiger partial charge is 0.226 e. The molecule has 0 unspecified atom stereocenters. The van der Waals surface area contributed by atoms with Gasteiger partial charge in [0.1, 0.15) is 0 Å². The second kappa shape index (κ2) is 6.26. The van der Waals surface area contributed by atoms with E-state index in [0.29, 0.717) is 23.2 Å². The van der Waals surface area contributed by atoms with E-state index in [1.165, 1.54) is 36.2 Å². The molecule has 1 atom stereocenters. The number of nitrogens with one attached hydrogen (secondary N) is 1. The molecule has 26 heavy (non-hydrogen) atoms. The molecule has 2 heterocycles. The molecule has 1 saturated heterocycles. The molecule has 3 fully saturated rings. The van der Waals surface area contributed by atoms with Gasteiger partial charge in [-0.05, 0) is 49.1 Å². The van der Waals surface area contributed by atoms with E-state index in [1.54, 1.807) is 0 Å². The van der Waals surface area contributed by atoms with Crippen molar-refractivity contribution < 1.29 is 4.79 Å². The SMILES string of the molecule is O=C([C@H]1CC12CCC2)N1CCC(c2cc(Cc3ccccc3)[nH]n2)CC1. The van der Waals surface area contributed by atoms with Gasteiger partial charge in [-0.3, -0.25) is 9.89 Å². The van der Waals surface area contributed by atoms with Gasteiger partial charge in [-0.25, -0.2) is 0 Å². The summed E-state index contributed by atoms with van der Waals surface area (Å²) in [6, 6.07) is 12.7. The van der Waals surface area contributed by atoms with E-state index in [0.717, 1.165) is 38.8 Å². The molecule has 1 N–H and O–H groups in total. The number of nitrogens with zero attached hydrogens (tertiary/aromatic N) is 2. The van der Waals surface area contributed by atoms with Crippen molar-refractivity contribution in [2.45, 2.75) is 50.9 Å². The molecule has 2 saturated carbocycles. The summed E-state index contributed by atoms with van der Waals surface area (Å²) in [6.45, 7) is 1.80. The predicted molar refractivity (Wildman–Crippen MR) is 101 cm³/mol. The molecule has 2 aromatic rings. The molecule has 4 heteroatoms. The van der Waals surface area contributed by atoms with Crippen molar-refractivity contribution in [3.05, 3.63) is 53.3 Å². The molecular formula is C22H27N3O. The standard InChI is InChI=1S/C22H27N3O/c26-21(19-15-22(19)9-4-10-22)25-11-7-17(8-12-25)20-14-18(23-24-20)13-16-5-2-1-3-6-16/h1-3,5-6,14,17,19H,4,7-13,15H2,(H,23,24)/t19-/m1/s1. The highest BCUT2D eigenvalue weighted by atomic mass is 16.2. The zero-order valence-corrected chi connectivity index (χ0v) is 15.3. The summed E-state index contributed by atoms with van der Waals surface area (Å²) in [4.78, 5) is 14.9. The number of piperidine rings is 1. The molecule has 2 aliphatic carbocycles. The van der Waals surface area contributed by atoms with Gasteiger partial charge in [0.05, 0.1) is 5.69 Å². The Labute approximate surface area is 155 Å². The Morgan fingerprint density at radius 2 is 1.96 bits per heavy atom. The molecule has 4 nitrogen and oxygen atoms in total. The zero-order valence-electron chi connectivity index (χ0n) is 15.3. The molecule has 3 aliphatic rings. The first-order chi connectivity index (χ1) is 12.7. The van der Waals surface area contributed by atoms with Crippen LogP contribution in [0.3, 0.4) is 0 Å². The Bertz CT molecular complexity index is 785. The highest BCUT2D eigenvalue weighted by molar-refractivity contribution is 5.83. The molecule has 0 radical (unpaired) electrons. The number of rotatable bonds is 4. The van der Waals surface area contributed by atoms with Crippen LogP contribution in [0.2, 0.25) is 0 Å². The number of carbonyl (C=O) groups excluding carboxylic acids is 1. The minimum absolute atomic E-state index is 0.357. The lowest BCUT2D eigenvalue weighted by atomic mass is 9.79. The summed E-state index contributed by atoms with van der Waals surface area (Å²) in [5.74, 6) is 1.28. The van der Waals surface area contributed by atoms with E-state index < -0.39 is 0 Å². The van der Waals surface area contributed by atoms with Crippen LogP contribution in [0, 0.1) is 11.3 Å². The Kier molecular flexibility index (Phi) is 3.87. The van der Waals surface area contributed by atoms with Gasteiger partial charge in [0.15, 0.2) is 0 Å². The lowest BCUT2D eigenvalue weighted by molar-refractivity contribution is -0.135. The van der Waals surface area contributed by atoms with E-state index in [4.69, 9.17) is 0 Å². The van der Waals surface area contributed by atoms with E-state index in [1.807, 2.05) is 6.07 Å². The summed E-state index contributed by atoms with van der Waals surface area (Å²) in [5, 5.41) is 7.78. The Balaban J connectivity index is 1.16. The maximum atomic E-state index is 12.7. The van der Waals surface area contributed by atoms with E-state index in [-0.39, 0.29) is 0 Å². The maximum absolute atomic E-state index is 12.7. The van der Waals surface area contributed by atoms with E-state index in [2.05, 4.69) is 45.4 Å². The highest BCUT2D eigenvalue weighted by Crippen LogP contribution is 2.66. The van der Waals surface area contributed by atoms with Crippen molar-refractivity contribution in [3.8, 4) is 0 Å². The van der Waals surface area contributed by atoms with Crippen LogP contribution in [0.15, 0.2) is 36.4 Å². The van der Waals surface area contributed by atoms with Crippen molar-refractivity contribution in [1.29, 1.82) is 0 Å². The highest BCUT2D eigenvalue weighted by Gasteiger charge is 2.61. The summed E-state index contributed by atoms with van der Waals surface area (Å²) in [6.07, 6.45) is 8.05. The van der Waals surface area contributed by atoms with Crippen LogP contribution in [0.1, 0.15) is 61.4 Å². The van der Waals surface area contributed by atoms with E-state index >= 15 is 0 Å². The number of H-pyrrole nitrogens is 1. The first-order valence-corrected chi connectivity index (χ1v) is 10.1. The van der Waals surface area contributed by atoms with Crippen LogP contribution in [-0.2, 0) is 11.2 Å². The largest absolute Gasteiger partial charge is 0.342 e. The van der Waals surface area contributed by atoms with Gasteiger partial charge in [-0.2, -0.15) is 5.10 Å². The summed E-state index contributed by atoms with van der Waals surface area (Å²) in [7, 11) is 0. The average Bonchev–Trinajstić information content (AvgIpc) is 3.28. The second-order valence-corrected chi connectivity index (χ2v) is 8.55. The van der Waals surface area contributed by atoms with Gasteiger partial charge in [0.2, 0.25) is 5.91 Å². The van der Waals surface area contributed by atoms with Crippen molar-refractivity contribution in [1.82, 2.24) is 15.1 Å². The van der Waals surface area contributed by atoms with Gasteiger partial charge in [0, 0.05) is 37.0 Å². The second-order valence-electron chi connectivity index (χ2n) is 8.55. The predicted octanol–water partition coefficient (Wildman–Crippen LogP) is 3.90. The lowest BCUT2D eigenvalue weighted by Crippen LogP contribution is -2.40. The molecule has 1 aromatic carbocycles. The van der Waals surface area contributed by atoms with Gasteiger partial charge in [-0.15, -0.1) is 0 Å². The number of hydrogen-bond acceptors (Lipinski definition) is 2. The average molecular weight is 349 g/mol. The minimum atomic E-state index is 0.357. The molecule has 1 amide bonds. The van der Waals surface area contributed by atoms with Crippen LogP contribution in [0.5, 0.6) is 0 Å². The third-order valence-electron chi connectivity index (χ3n) is 6.95. The Morgan fingerprint density at radius 3 is 2.62 bits per heavy atom. The normalized spacial score (nSPS) is 24.5. The Morgan fingerprint density at radius 1 is 1.19 bits per heavy atom. The topological polar surface area (TPSA) is 49.0 Å². The molecule has 1 spiro atoms. The number of hydrogen-bond donors (Lipinski definition) is 1. The molecule has 0 bridgehead atoms. The van der Waals surface area contributed by atoms with Crippen LogP contribution in [0.4, 0.5) is 0 Å². The molecule has 1 aromatic heterocycles. The van der Waals surface area contributed by atoms with Crippen molar-refractivity contribution >= 4 is 5.91 Å². The van der Waals surface area contributed by atoms with Crippen molar-refractivity contribution in [2.24, 2.45) is 11.3 Å². The number of benzene rings is 1. The third kappa shape index (κ3) is 2.85. The fraction of sp³-hybridized carbons (Fsp3) is 0.545. The van der Waals surface area contributed by atoms with Gasteiger partial charge in [0.25, 0.3) is 0 Å². The van der Waals surface area contributed by atoms with Gasteiger partial charge >= 0.3 is 0 Å². The maximum Gasteiger partial charge on any atom is 0.226 e. The number of aromatic nitrogens is 2. The number of carbonyl (C=O) groups is 1. The summed E-state index contributed by atoms with van der Waals surface area (Å²) in [5.41, 5.74) is 4.10. The van der Waals surface area contributed by atoms with Crippen LogP contribution in [-0.4, -0.2) is 34.1 Å². The molecule has 136 valence electrons. The van der Waals surface area contributed by atoms with Crippen molar-refractivity contribution in [2.75, 3.05) is 13.1 Å². The van der Waals surface area contributed by atoms with Crippen LogP contribution in [0.25, 0.3) is 0 Å². The van der Waals surface area contributed by atoms with Crippen molar-refractivity contribution in [3.63, 3.8) is 0 Å². The molecular weight excluding hydrogens is 322 g/mol. The fourth-order valence-corrected chi connectivity index (χ4v) is 4.99. The lowest BCUT2D eigenvalue weighted by Gasteiger charge is -2.33. The molecule has 1 aliphatic heterocycles. The number of amides is 1. The number of aromatic amines is 1. The van der Waals surface area contributed by atoms with E-state index in [9.17, 15) is 4.79 Å². The number of likely N-dealkylation sites (tertiary alicyclic amines) is 1. The quantitative estimate of drug-likeness (QED) is 0.910. The van der Waals surface area contributed by atoms with Crippen LogP contribution >= 0.6 is 0 Å². The summed E-state index contributed by atoms with van der Waals surface area (Å²) >= 11 is 0. The monoisotopic (exact) mass is 349 g/mol. The van der Waals surface area contributed by atoms with Crippen LogP contribution < -0.4 is 0 Å². The summed E-state index contributed by atoms with van der Waals surface area (Å²) < 4.78 is 0. The third-order valence-corrected chi connectivity index (χ3v) is 6.95.